The summed E-state index contributed by atoms with van der Waals surface area (Å²) in [7, 11) is 1.64. The molecule has 272 valence electrons. The summed E-state index contributed by atoms with van der Waals surface area (Å²) >= 11 is 0. The van der Waals surface area contributed by atoms with E-state index in [2.05, 4.69) is 24.5 Å². The minimum absolute atomic E-state index is 0.0495. The van der Waals surface area contributed by atoms with Gasteiger partial charge in [-0.25, -0.2) is 0 Å². The van der Waals surface area contributed by atoms with E-state index < -0.39 is 6.04 Å². The monoisotopic (exact) mass is 664 g/mol. The molecule has 13 heteroatoms. The summed E-state index contributed by atoms with van der Waals surface area (Å²) in [5, 5.41) is 5.79. The largest absolute Gasteiger partial charge is 0.382 e. The van der Waals surface area contributed by atoms with E-state index in [4.69, 9.17) is 37.9 Å². The van der Waals surface area contributed by atoms with Crippen LogP contribution in [0.5, 0.6) is 0 Å². The first-order valence-electron chi connectivity index (χ1n) is 16.9. The van der Waals surface area contributed by atoms with Gasteiger partial charge >= 0.3 is 0 Å². The van der Waals surface area contributed by atoms with Crippen LogP contribution in [0, 0.1) is 11.8 Å². The third-order valence-corrected chi connectivity index (χ3v) is 6.58. The summed E-state index contributed by atoms with van der Waals surface area (Å²) in [4.78, 5) is 36.8. The molecule has 0 aromatic carbocycles. The molecular weight excluding hydrogens is 600 g/mol. The lowest BCUT2D eigenvalue weighted by Gasteiger charge is -2.20. The van der Waals surface area contributed by atoms with Gasteiger partial charge in [0.15, 0.2) is 5.78 Å². The fourth-order valence-electron chi connectivity index (χ4n) is 3.89. The average Bonchev–Trinajstić information content (AvgIpc) is 3.03. The zero-order chi connectivity index (χ0) is 34.1. The van der Waals surface area contributed by atoms with Crippen LogP contribution < -0.4 is 10.6 Å². The van der Waals surface area contributed by atoms with Crippen molar-refractivity contribution < 1.29 is 52.3 Å². The molecule has 0 radical (unpaired) electrons. The normalized spacial score (nSPS) is 12.2. The van der Waals surface area contributed by atoms with E-state index in [9.17, 15) is 14.4 Å². The highest BCUT2D eigenvalue weighted by molar-refractivity contribution is 5.90. The van der Waals surface area contributed by atoms with Crippen molar-refractivity contribution in [3.63, 3.8) is 0 Å². The number of carbonyl (C=O) groups is 3. The maximum Gasteiger partial charge on any atom is 0.222 e. The van der Waals surface area contributed by atoms with Crippen LogP contribution in [0.3, 0.4) is 0 Å². The first-order valence-corrected chi connectivity index (χ1v) is 16.9. The van der Waals surface area contributed by atoms with Crippen LogP contribution in [0.15, 0.2) is 0 Å². The van der Waals surface area contributed by atoms with Crippen LogP contribution in [0.4, 0.5) is 0 Å². The van der Waals surface area contributed by atoms with Crippen molar-refractivity contribution in [2.75, 3.05) is 113 Å². The highest BCUT2D eigenvalue weighted by atomic mass is 16.6. The molecular formula is C33H64N2O11. The number of unbranched alkanes of at least 4 members (excludes halogenated alkanes) is 1. The molecule has 0 saturated heterocycles. The van der Waals surface area contributed by atoms with E-state index in [1.807, 2.05) is 13.8 Å². The topological polar surface area (TPSA) is 149 Å². The Labute approximate surface area is 277 Å². The number of Topliss-reactive ketones (excluding diaryl/α,β-unsaturated/α-hetero) is 1. The van der Waals surface area contributed by atoms with Crippen molar-refractivity contribution in [3.05, 3.63) is 0 Å². The summed E-state index contributed by atoms with van der Waals surface area (Å²) < 4.78 is 42.9. The summed E-state index contributed by atoms with van der Waals surface area (Å²) in [6.45, 7) is 15.6. The Morgan fingerprint density at radius 2 is 0.957 bits per heavy atom. The summed E-state index contributed by atoms with van der Waals surface area (Å²) in [5.74, 6) is 0.191. The molecule has 2 N–H and O–H groups in total. The first kappa shape index (κ1) is 44.3. The molecule has 0 saturated carbocycles. The Kier molecular flexibility index (Phi) is 32.0. The van der Waals surface area contributed by atoms with Crippen LogP contribution in [0.1, 0.15) is 66.2 Å². The molecule has 46 heavy (non-hydrogen) atoms. The lowest BCUT2D eigenvalue weighted by atomic mass is 9.96. The van der Waals surface area contributed by atoms with Crippen LogP contribution in [0.2, 0.25) is 0 Å². The van der Waals surface area contributed by atoms with E-state index >= 15 is 0 Å². The molecule has 0 aliphatic rings. The van der Waals surface area contributed by atoms with E-state index in [1.54, 1.807) is 7.11 Å². The second-order valence-corrected chi connectivity index (χ2v) is 11.5. The van der Waals surface area contributed by atoms with Crippen LogP contribution in [-0.2, 0) is 52.3 Å². The molecule has 0 spiro atoms. The highest BCUT2D eigenvalue weighted by Gasteiger charge is 2.22. The van der Waals surface area contributed by atoms with Crippen LogP contribution in [-0.4, -0.2) is 136 Å². The van der Waals surface area contributed by atoms with E-state index in [0.717, 1.165) is 19.3 Å². The predicted octanol–water partition coefficient (Wildman–Crippen LogP) is 2.57. The molecule has 0 aliphatic heterocycles. The number of nitrogens with one attached hydrogen (secondary N) is 2. The van der Waals surface area contributed by atoms with Gasteiger partial charge in [0.05, 0.1) is 105 Å². The zero-order valence-electron chi connectivity index (χ0n) is 29.3. The van der Waals surface area contributed by atoms with Gasteiger partial charge in [-0.3, -0.25) is 14.4 Å². The van der Waals surface area contributed by atoms with Gasteiger partial charge in [-0.05, 0) is 31.6 Å². The van der Waals surface area contributed by atoms with Gasteiger partial charge in [-0.1, -0.05) is 27.7 Å². The quantitative estimate of drug-likeness (QED) is 0.0963. The molecule has 0 unspecified atom stereocenters. The van der Waals surface area contributed by atoms with E-state index in [1.165, 1.54) is 0 Å². The van der Waals surface area contributed by atoms with Crippen LogP contribution in [0.25, 0.3) is 0 Å². The maximum absolute atomic E-state index is 12.5. The number of carbonyl (C=O) groups excluding carboxylic acids is 3. The zero-order valence-corrected chi connectivity index (χ0v) is 29.3. The Balaban J connectivity index is 3.52. The SMILES string of the molecule is COCCOCCOCCOCCOCCOCCOCCOCCC(=O)NCCCC[C@H](NC(=O)CCC(C)C)C(=O)C(C)C. The van der Waals surface area contributed by atoms with Crippen LogP contribution >= 0.6 is 0 Å². The molecule has 0 aromatic heterocycles. The second kappa shape index (κ2) is 33.2. The standard InChI is InChI=1S/C33H64N2O11/c1-28(2)9-10-32(37)35-30(33(38)29(3)4)8-6-7-12-34-31(36)11-13-40-16-17-42-20-21-44-24-25-46-27-26-45-23-22-43-19-18-41-15-14-39-5/h28-30H,6-27H2,1-5H3,(H,34,36)(H,35,37)/t30-/m0/s1. The fraction of sp³-hybridized carbons (Fsp3) is 0.909. The third-order valence-electron chi connectivity index (χ3n) is 6.58. The van der Waals surface area contributed by atoms with Gasteiger partial charge in [-0.2, -0.15) is 0 Å². The number of ether oxygens (including phenoxy) is 8. The Morgan fingerprint density at radius 3 is 1.37 bits per heavy atom. The van der Waals surface area contributed by atoms with Gasteiger partial charge in [-0.15, -0.1) is 0 Å². The minimum atomic E-state index is -0.470. The molecule has 0 aliphatic carbocycles. The number of methoxy groups -OCH3 is 1. The van der Waals surface area contributed by atoms with Gasteiger partial charge in [0.25, 0.3) is 0 Å². The van der Waals surface area contributed by atoms with Crippen molar-refractivity contribution in [1.29, 1.82) is 0 Å². The Bertz CT molecular complexity index is 726. The van der Waals surface area contributed by atoms with Crippen molar-refractivity contribution in [1.82, 2.24) is 10.6 Å². The molecule has 0 rings (SSSR count). The minimum Gasteiger partial charge on any atom is -0.382 e. The molecule has 0 bridgehead atoms. The molecule has 1 atom stereocenters. The fourth-order valence-corrected chi connectivity index (χ4v) is 3.89. The molecule has 13 nitrogen and oxygen atoms in total. The third kappa shape index (κ3) is 30.9. The van der Waals surface area contributed by atoms with E-state index in [-0.39, 0.29) is 29.9 Å². The van der Waals surface area contributed by atoms with Crippen molar-refractivity contribution in [3.8, 4) is 0 Å². The Hall–Kier alpha value is -1.71. The number of rotatable bonds is 35. The maximum atomic E-state index is 12.5. The number of ketones is 1. The summed E-state index contributed by atoms with van der Waals surface area (Å²) in [6, 6.07) is -0.470. The second-order valence-electron chi connectivity index (χ2n) is 11.5. The summed E-state index contributed by atoms with van der Waals surface area (Å²) in [5.41, 5.74) is 0. The van der Waals surface area contributed by atoms with Gasteiger partial charge in [0.2, 0.25) is 11.8 Å². The summed E-state index contributed by atoms with van der Waals surface area (Å²) in [6.07, 6.45) is 3.54. The highest BCUT2D eigenvalue weighted by Crippen LogP contribution is 2.10. The molecule has 0 aromatic rings. The smallest absolute Gasteiger partial charge is 0.222 e. The molecule has 0 fully saturated rings. The first-order chi connectivity index (χ1) is 22.3. The molecule has 0 heterocycles. The van der Waals surface area contributed by atoms with Crippen molar-refractivity contribution in [2.24, 2.45) is 11.8 Å². The number of amides is 2. The van der Waals surface area contributed by atoms with Gasteiger partial charge in [0, 0.05) is 32.4 Å². The lowest BCUT2D eigenvalue weighted by Crippen LogP contribution is -2.42. The van der Waals surface area contributed by atoms with Crippen molar-refractivity contribution in [2.45, 2.75) is 72.3 Å². The lowest BCUT2D eigenvalue weighted by molar-refractivity contribution is -0.129. The van der Waals surface area contributed by atoms with E-state index in [0.29, 0.717) is 124 Å². The predicted molar refractivity (Wildman–Crippen MR) is 175 cm³/mol. The average molecular weight is 665 g/mol. The van der Waals surface area contributed by atoms with Crippen molar-refractivity contribution >= 4 is 17.6 Å². The van der Waals surface area contributed by atoms with Gasteiger partial charge < -0.3 is 48.5 Å². The number of hydrogen-bond donors (Lipinski definition) is 2. The molecule has 2 amide bonds. The number of hydrogen-bond acceptors (Lipinski definition) is 11. The Morgan fingerprint density at radius 1 is 0.522 bits per heavy atom. The van der Waals surface area contributed by atoms with Gasteiger partial charge in [0.1, 0.15) is 0 Å².